The van der Waals surface area contributed by atoms with Crippen LogP contribution >= 0.6 is 0 Å². The molecule has 27 heavy (non-hydrogen) atoms. The predicted molar refractivity (Wildman–Crippen MR) is 104 cm³/mol. The normalized spacial score (nSPS) is 13.5. The third-order valence-electron chi connectivity index (χ3n) is 4.28. The van der Waals surface area contributed by atoms with Gasteiger partial charge in [-0.1, -0.05) is 18.2 Å². The van der Waals surface area contributed by atoms with E-state index in [0.717, 1.165) is 18.8 Å². The topological polar surface area (TPSA) is 68.8 Å². The largest absolute Gasteiger partial charge is 0.490 e. The van der Waals surface area contributed by atoms with Crippen LogP contribution in [0.25, 0.3) is 0 Å². The molecule has 1 amide bonds. The standard InChI is InChI=1S/C21H26N2O4/c1-2-25-20-12-17(21(24)23-15-16-13-22-14-16)8-9-19(20)27-11-10-26-18-6-4-3-5-7-18/h3-9,12,16,22H,2,10-11,13-15H2,1H3,(H,23,24). The molecule has 0 spiro atoms. The molecule has 0 bridgehead atoms. The van der Waals surface area contributed by atoms with Crippen LogP contribution in [0.3, 0.4) is 0 Å². The zero-order valence-electron chi connectivity index (χ0n) is 15.6. The van der Waals surface area contributed by atoms with E-state index in [-0.39, 0.29) is 5.91 Å². The number of amides is 1. The molecule has 1 heterocycles. The lowest BCUT2D eigenvalue weighted by molar-refractivity contribution is 0.0941. The van der Waals surface area contributed by atoms with E-state index < -0.39 is 0 Å². The SMILES string of the molecule is CCOc1cc(C(=O)NCC2CNC2)ccc1OCCOc1ccccc1. The lowest BCUT2D eigenvalue weighted by atomic mass is 10.0. The van der Waals surface area contributed by atoms with E-state index in [0.29, 0.717) is 49.3 Å². The average Bonchev–Trinajstić information content (AvgIpc) is 2.66. The van der Waals surface area contributed by atoms with Crippen LogP contribution in [0, 0.1) is 5.92 Å². The molecule has 1 saturated heterocycles. The molecule has 3 rings (SSSR count). The van der Waals surface area contributed by atoms with Crippen LogP contribution in [0.15, 0.2) is 48.5 Å². The van der Waals surface area contributed by atoms with Crippen molar-refractivity contribution in [2.75, 3.05) is 39.5 Å². The van der Waals surface area contributed by atoms with Gasteiger partial charge in [0.2, 0.25) is 0 Å². The van der Waals surface area contributed by atoms with Crippen molar-refractivity contribution >= 4 is 5.91 Å². The van der Waals surface area contributed by atoms with Crippen molar-refractivity contribution in [2.24, 2.45) is 5.92 Å². The molecule has 2 aromatic rings. The minimum Gasteiger partial charge on any atom is -0.490 e. The highest BCUT2D eigenvalue weighted by atomic mass is 16.5. The van der Waals surface area contributed by atoms with Crippen molar-refractivity contribution < 1.29 is 19.0 Å². The summed E-state index contributed by atoms with van der Waals surface area (Å²) in [7, 11) is 0. The number of carbonyl (C=O) groups is 1. The van der Waals surface area contributed by atoms with Crippen molar-refractivity contribution in [1.29, 1.82) is 0 Å². The highest BCUT2D eigenvalue weighted by Gasteiger charge is 2.18. The number of carbonyl (C=O) groups excluding carboxylic acids is 1. The van der Waals surface area contributed by atoms with Gasteiger partial charge in [-0.15, -0.1) is 0 Å². The molecule has 0 aromatic heterocycles. The Balaban J connectivity index is 1.53. The third kappa shape index (κ3) is 5.62. The van der Waals surface area contributed by atoms with Gasteiger partial charge in [-0.05, 0) is 37.3 Å². The molecule has 6 nitrogen and oxygen atoms in total. The van der Waals surface area contributed by atoms with E-state index in [1.54, 1.807) is 18.2 Å². The Hall–Kier alpha value is -2.73. The Morgan fingerprint density at radius 1 is 1.04 bits per heavy atom. The summed E-state index contributed by atoms with van der Waals surface area (Å²) in [4.78, 5) is 12.3. The molecule has 0 unspecified atom stereocenters. The van der Waals surface area contributed by atoms with Crippen LogP contribution in [0.5, 0.6) is 17.2 Å². The highest BCUT2D eigenvalue weighted by Crippen LogP contribution is 2.28. The van der Waals surface area contributed by atoms with Gasteiger partial charge in [0.25, 0.3) is 5.91 Å². The van der Waals surface area contributed by atoms with Gasteiger partial charge in [0, 0.05) is 31.1 Å². The summed E-state index contributed by atoms with van der Waals surface area (Å²) in [5.74, 6) is 2.40. The minimum absolute atomic E-state index is 0.0955. The summed E-state index contributed by atoms with van der Waals surface area (Å²) in [5, 5.41) is 6.16. The van der Waals surface area contributed by atoms with Crippen LogP contribution in [0.1, 0.15) is 17.3 Å². The molecule has 0 radical (unpaired) electrons. The molecule has 2 aromatic carbocycles. The number of hydrogen-bond acceptors (Lipinski definition) is 5. The van der Waals surface area contributed by atoms with Gasteiger partial charge < -0.3 is 24.8 Å². The maximum atomic E-state index is 12.3. The van der Waals surface area contributed by atoms with Crippen molar-refractivity contribution in [3.63, 3.8) is 0 Å². The number of nitrogens with one attached hydrogen (secondary N) is 2. The van der Waals surface area contributed by atoms with Crippen LogP contribution in [0.2, 0.25) is 0 Å². The molecule has 1 aliphatic rings. The first kappa shape index (κ1) is 19.0. The van der Waals surface area contributed by atoms with Crippen molar-refractivity contribution in [3.05, 3.63) is 54.1 Å². The summed E-state index contributed by atoms with van der Waals surface area (Å²) in [5.41, 5.74) is 0.568. The molecule has 0 atom stereocenters. The first-order valence-corrected chi connectivity index (χ1v) is 9.32. The smallest absolute Gasteiger partial charge is 0.251 e. The van der Waals surface area contributed by atoms with Gasteiger partial charge in [-0.3, -0.25) is 4.79 Å². The summed E-state index contributed by atoms with van der Waals surface area (Å²) in [6.07, 6.45) is 0. The monoisotopic (exact) mass is 370 g/mol. The second kappa shape index (κ2) is 9.83. The zero-order chi connectivity index (χ0) is 18.9. The molecule has 0 aliphatic carbocycles. The van der Waals surface area contributed by atoms with Gasteiger partial charge in [0.1, 0.15) is 19.0 Å². The molecular formula is C21H26N2O4. The Kier molecular flexibility index (Phi) is 6.93. The molecule has 6 heteroatoms. The fourth-order valence-electron chi connectivity index (χ4n) is 2.70. The van der Waals surface area contributed by atoms with E-state index in [9.17, 15) is 4.79 Å². The highest BCUT2D eigenvalue weighted by molar-refractivity contribution is 5.94. The lowest BCUT2D eigenvalue weighted by Gasteiger charge is -2.27. The van der Waals surface area contributed by atoms with E-state index in [2.05, 4.69) is 10.6 Å². The summed E-state index contributed by atoms with van der Waals surface area (Å²) in [6.45, 7) is 5.81. The zero-order valence-corrected chi connectivity index (χ0v) is 15.6. The van der Waals surface area contributed by atoms with E-state index in [4.69, 9.17) is 14.2 Å². The molecule has 2 N–H and O–H groups in total. The number of hydrogen-bond donors (Lipinski definition) is 2. The number of rotatable bonds is 10. The molecule has 1 fully saturated rings. The third-order valence-corrected chi connectivity index (χ3v) is 4.28. The van der Waals surface area contributed by atoms with Crippen molar-refractivity contribution in [2.45, 2.75) is 6.92 Å². The van der Waals surface area contributed by atoms with Gasteiger partial charge in [0.15, 0.2) is 11.5 Å². The second-order valence-electron chi connectivity index (χ2n) is 6.34. The van der Waals surface area contributed by atoms with Crippen molar-refractivity contribution in [3.8, 4) is 17.2 Å². The summed E-state index contributed by atoms with van der Waals surface area (Å²) >= 11 is 0. The van der Waals surface area contributed by atoms with E-state index in [1.807, 2.05) is 37.3 Å². The van der Waals surface area contributed by atoms with Gasteiger partial charge in [-0.2, -0.15) is 0 Å². The van der Waals surface area contributed by atoms with Crippen LogP contribution in [-0.4, -0.2) is 45.4 Å². The predicted octanol–water partition coefficient (Wildman–Crippen LogP) is 2.49. The van der Waals surface area contributed by atoms with Gasteiger partial charge in [0.05, 0.1) is 6.61 Å². The molecular weight excluding hydrogens is 344 g/mol. The number of ether oxygens (including phenoxy) is 3. The lowest BCUT2D eigenvalue weighted by Crippen LogP contribution is -2.48. The maximum Gasteiger partial charge on any atom is 0.251 e. The van der Waals surface area contributed by atoms with Crippen LogP contribution in [0.4, 0.5) is 0 Å². The molecule has 144 valence electrons. The second-order valence-corrected chi connectivity index (χ2v) is 6.34. The quantitative estimate of drug-likeness (QED) is 0.629. The Bertz CT molecular complexity index is 732. The first-order chi connectivity index (χ1) is 13.3. The van der Waals surface area contributed by atoms with Gasteiger partial charge in [-0.25, -0.2) is 0 Å². The van der Waals surface area contributed by atoms with Crippen molar-refractivity contribution in [1.82, 2.24) is 10.6 Å². The Labute approximate surface area is 159 Å². The van der Waals surface area contributed by atoms with E-state index >= 15 is 0 Å². The average molecular weight is 370 g/mol. The van der Waals surface area contributed by atoms with Crippen LogP contribution < -0.4 is 24.8 Å². The van der Waals surface area contributed by atoms with Gasteiger partial charge >= 0.3 is 0 Å². The number of para-hydroxylation sites is 1. The Morgan fingerprint density at radius 2 is 1.81 bits per heavy atom. The minimum atomic E-state index is -0.0955. The summed E-state index contributed by atoms with van der Waals surface area (Å²) in [6, 6.07) is 14.8. The van der Waals surface area contributed by atoms with E-state index in [1.165, 1.54) is 0 Å². The summed E-state index contributed by atoms with van der Waals surface area (Å²) < 4.78 is 17.1. The first-order valence-electron chi connectivity index (χ1n) is 9.32. The maximum absolute atomic E-state index is 12.3. The fourth-order valence-corrected chi connectivity index (χ4v) is 2.70. The molecule has 0 saturated carbocycles. The van der Waals surface area contributed by atoms with Crippen LogP contribution in [-0.2, 0) is 0 Å². The Morgan fingerprint density at radius 3 is 2.52 bits per heavy atom. The molecule has 1 aliphatic heterocycles. The number of benzene rings is 2. The fraction of sp³-hybridized carbons (Fsp3) is 0.381.